The number of ether oxygens (including phenoxy) is 2. The summed E-state index contributed by atoms with van der Waals surface area (Å²) in [5.41, 5.74) is 1.74. The molecule has 0 bridgehead atoms. The third-order valence-electron chi connectivity index (χ3n) is 4.25. The fraction of sp³-hybridized carbons (Fsp3) is 0.286. The van der Waals surface area contributed by atoms with Gasteiger partial charge in [-0.15, -0.1) is 10.2 Å². The minimum Gasteiger partial charge on any atom is -0.497 e. The van der Waals surface area contributed by atoms with Crippen molar-refractivity contribution < 1.29 is 14.3 Å². The first-order valence-electron chi connectivity index (χ1n) is 9.36. The number of thioether (sulfide) groups is 1. The van der Waals surface area contributed by atoms with E-state index in [4.69, 9.17) is 21.1 Å². The molecule has 158 valence electrons. The lowest BCUT2D eigenvalue weighted by Gasteiger charge is -2.11. The minimum atomic E-state index is -0.0616. The Morgan fingerprint density at radius 3 is 2.50 bits per heavy atom. The van der Waals surface area contributed by atoms with Crippen molar-refractivity contribution in [3.8, 4) is 22.8 Å². The number of halogens is 1. The first kappa shape index (κ1) is 22.1. The average Bonchev–Trinajstić information content (AvgIpc) is 3.20. The molecular weight excluding hydrogens is 424 g/mol. The van der Waals surface area contributed by atoms with Crippen LogP contribution in [0.1, 0.15) is 6.42 Å². The highest BCUT2D eigenvalue weighted by Gasteiger charge is 2.17. The zero-order valence-corrected chi connectivity index (χ0v) is 18.4. The molecule has 2 aromatic carbocycles. The van der Waals surface area contributed by atoms with E-state index < -0.39 is 0 Å². The highest BCUT2D eigenvalue weighted by Crippen LogP contribution is 2.29. The highest BCUT2D eigenvalue weighted by molar-refractivity contribution is 7.99. The predicted octanol–water partition coefficient (Wildman–Crippen LogP) is 3.84. The molecule has 0 unspecified atom stereocenters. The number of carbonyl (C=O) groups is 1. The van der Waals surface area contributed by atoms with Crippen molar-refractivity contribution in [1.82, 2.24) is 20.1 Å². The quantitative estimate of drug-likeness (QED) is 0.376. The number of rotatable bonds is 10. The lowest BCUT2D eigenvalue weighted by molar-refractivity contribution is -0.118. The van der Waals surface area contributed by atoms with Gasteiger partial charge in [0.05, 0.1) is 12.9 Å². The number of carbonyl (C=O) groups excluding carboxylic acids is 1. The molecule has 0 fully saturated rings. The second-order valence-electron chi connectivity index (χ2n) is 6.33. The largest absolute Gasteiger partial charge is 0.497 e. The Morgan fingerprint density at radius 1 is 1.10 bits per heavy atom. The number of aromatic nitrogens is 3. The Morgan fingerprint density at radius 2 is 1.83 bits per heavy atom. The summed E-state index contributed by atoms with van der Waals surface area (Å²) in [5.74, 6) is 1.60. The minimum absolute atomic E-state index is 0.0616. The average molecular weight is 447 g/mol. The summed E-state index contributed by atoms with van der Waals surface area (Å²) < 4.78 is 12.2. The van der Waals surface area contributed by atoms with Gasteiger partial charge >= 0.3 is 0 Å². The molecule has 0 aliphatic heterocycles. The summed E-state index contributed by atoms with van der Waals surface area (Å²) in [6, 6.07) is 15.0. The van der Waals surface area contributed by atoms with Gasteiger partial charge in [0.1, 0.15) is 5.75 Å². The molecule has 30 heavy (non-hydrogen) atoms. The van der Waals surface area contributed by atoms with E-state index in [1.807, 2.05) is 53.1 Å². The van der Waals surface area contributed by atoms with Crippen molar-refractivity contribution in [2.75, 3.05) is 33.1 Å². The first-order valence-corrected chi connectivity index (χ1v) is 10.7. The van der Waals surface area contributed by atoms with Gasteiger partial charge in [0.15, 0.2) is 11.0 Å². The number of nitrogens with one attached hydrogen (secondary N) is 1. The SMILES string of the molecule is COCCCNC(=O)CSc1nnc(-c2ccc(Cl)cc2)n1-c1ccc(OC)cc1. The van der Waals surface area contributed by atoms with Crippen LogP contribution in [0.3, 0.4) is 0 Å². The van der Waals surface area contributed by atoms with Crippen LogP contribution in [0.5, 0.6) is 5.75 Å². The van der Waals surface area contributed by atoms with Gasteiger partial charge in [-0.2, -0.15) is 0 Å². The molecule has 0 aliphatic rings. The summed E-state index contributed by atoms with van der Waals surface area (Å²) >= 11 is 7.36. The molecule has 1 amide bonds. The van der Waals surface area contributed by atoms with Crippen molar-refractivity contribution in [3.05, 3.63) is 53.6 Å². The summed E-state index contributed by atoms with van der Waals surface area (Å²) in [7, 11) is 3.27. The Labute approximate surface area is 184 Å². The molecule has 1 aromatic heterocycles. The molecule has 1 N–H and O–H groups in total. The van der Waals surface area contributed by atoms with E-state index in [9.17, 15) is 4.79 Å². The third-order valence-corrected chi connectivity index (χ3v) is 5.43. The van der Waals surface area contributed by atoms with Gasteiger partial charge in [0, 0.05) is 36.5 Å². The van der Waals surface area contributed by atoms with Gasteiger partial charge in [0.25, 0.3) is 0 Å². The lowest BCUT2D eigenvalue weighted by Crippen LogP contribution is -2.26. The molecule has 1 heterocycles. The van der Waals surface area contributed by atoms with Crippen molar-refractivity contribution >= 4 is 29.3 Å². The smallest absolute Gasteiger partial charge is 0.230 e. The number of hydrogen-bond acceptors (Lipinski definition) is 6. The zero-order chi connectivity index (χ0) is 21.3. The normalized spacial score (nSPS) is 10.8. The van der Waals surface area contributed by atoms with E-state index in [0.717, 1.165) is 23.4 Å². The van der Waals surface area contributed by atoms with Crippen molar-refractivity contribution in [2.45, 2.75) is 11.6 Å². The second-order valence-corrected chi connectivity index (χ2v) is 7.71. The molecule has 0 saturated carbocycles. The first-order chi connectivity index (χ1) is 14.6. The fourth-order valence-electron chi connectivity index (χ4n) is 2.74. The fourth-order valence-corrected chi connectivity index (χ4v) is 3.65. The van der Waals surface area contributed by atoms with Gasteiger partial charge < -0.3 is 14.8 Å². The molecule has 3 rings (SSSR count). The van der Waals surface area contributed by atoms with Crippen molar-refractivity contribution in [2.24, 2.45) is 0 Å². The highest BCUT2D eigenvalue weighted by atomic mass is 35.5. The van der Waals surface area contributed by atoms with Crippen LogP contribution in [0, 0.1) is 0 Å². The van der Waals surface area contributed by atoms with E-state index in [-0.39, 0.29) is 11.7 Å². The van der Waals surface area contributed by atoms with Crippen molar-refractivity contribution in [1.29, 1.82) is 0 Å². The van der Waals surface area contributed by atoms with Crippen molar-refractivity contribution in [3.63, 3.8) is 0 Å². The number of nitrogens with zero attached hydrogens (tertiary/aromatic N) is 3. The Bertz CT molecular complexity index is 961. The van der Waals surface area contributed by atoms with Crippen LogP contribution < -0.4 is 10.1 Å². The van der Waals surface area contributed by atoms with E-state index in [1.54, 1.807) is 14.2 Å². The van der Waals surface area contributed by atoms with E-state index in [0.29, 0.717) is 29.2 Å². The summed E-state index contributed by atoms with van der Waals surface area (Å²) in [6.45, 7) is 1.19. The maximum absolute atomic E-state index is 12.2. The van der Waals surface area contributed by atoms with Gasteiger partial charge in [-0.25, -0.2) is 0 Å². The summed E-state index contributed by atoms with van der Waals surface area (Å²) in [6.07, 6.45) is 0.773. The standard InChI is InChI=1S/C21H23ClN4O3S/c1-28-13-3-12-23-19(27)14-30-21-25-24-20(15-4-6-16(22)7-5-15)26(21)17-8-10-18(29-2)11-9-17/h4-11H,3,12-14H2,1-2H3,(H,23,27). The monoisotopic (exact) mass is 446 g/mol. The van der Waals surface area contributed by atoms with E-state index >= 15 is 0 Å². The lowest BCUT2D eigenvalue weighted by atomic mass is 10.2. The molecule has 3 aromatic rings. The summed E-state index contributed by atoms with van der Waals surface area (Å²) in [5, 5.41) is 12.8. The van der Waals surface area contributed by atoms with Crippen LogP contribution in [0.25, 0.3) is 17.1 Å². The maximum Gasteiger partial charge on any atom is 0.230 e. The van der Waals surface area contributed by atoms with Crippen LogP contribution in [0.4, 0.5) is 0 Å². The van der Waals surface area contributed by atoms with E-state index in [2.05, 4.69) is 15.5 Å². The molecule has 7 nitrogen and oxygen atoms in total. The van der Waals surface area contributed by atoms with Crippen LogP contribution in [0.15, 0.2) is 53.7 Å². The number of methoxy groups -OCH3 is 2. The Hall–Kier alpha value is -2.55. The van der Waals surface area contributed by atoms with Crippen LogP contribution in [-0.2, 0) is 9.53 Å². The van der Waals surface area contributed by atoms with Crippen LogP contribution >= 0.6 is 23.4 Å². The molecule has 0 spiro atoms. The summed E-state index contributed by atoms with van der Waals surface area (Å²) in [4.78, 5) is 12.2. The maximum atomic E-state index is 12.2. The third kappa shape index (κ3) is 5.75. The van der Waals surface area contributed by atoms with E-state index in [1.165, 1.54) is 11.8 Å². The Kier molecular flexibility index (Phi) is 8.12. The molecule has 0 atom stereocenters. The van der Waals surface area contributed by atoms with Gasteiger partial charge in [0.2, 0.25) is 5.91 Å². The molecule has 9 heteroatoms. The van der Waals surface area contributed by atoms with Gasteiger partial charge in [-0.1, -0.05) is 23.4 Å². The van der Waals surface area contributed by atoms with Crippen LogP contribution in [0.2, 0.25) is 5.02 Å². The second kappa shape index (κ2) is 11.0. The molecule has 0 saturated heterocycles. The van der Waals surface area contributed by atoms with Crippen LogP contribution in [-0.4, -0.2) is 53.8 Å². The topological polar surface area (TPSA) is 78.3 Å². The Balaban J connectivity index is 1.83. The molecule has 0 aliphatic carbocycles. The predicted molar refractivity (Wildman–Crippen MR) is 119 cm³/mol. The number of amides is 1. The molecule has 0 radical (unpaired) electrons. The van der Waals surface area contributed by atoms with Gasteiger partial charge in [-0.3, -0.25) is 9.36 Å². The zero-order valence-electron chi connectivity index (χ0n) is 16.8. The van der Waals surface area contributed by atoms with Gasteiger partial charge in [-0.05, 0) is 55.0 Å². The number of hydrogen-bond donors (Lipinski definition) is 1. The molecular formula is C21H23ClN4O3S. The number of benzene rings is 2.